The van der Waals surface area contributed by atoms with Gasteiger partial charge >= 0.3 is 0 Å². The molecule has 1 N–H and O–H groups in total. The molecule has 1 aliphatic rings. The summed E-state index contributed by atoms with van der Waals surface area (Å²) < 4.78 is 15.7. The van der Waals surface area contributed by atoms with Crippen molar-refractivity contribution in [3.63, 3.8) is 0 Å². The van der Waals surface area contributed by atoms with Gasteiger partial charge in [0, 0.05) is 28.8 Å². The van der Waals surface area contributed by atoms with Crippen LogP contribution < -0.4 is 10.2 Å². The number of thiocarbonyl (C=S) groups is 1. The van der Waals surface area contributed by atoms with Crippen LogP contribution in [-0.2, 0) is 0 Å². The molecule has 4 nitrogen and oxygen atoms in total. The first-order chi connectivity index (χ1) is 15.5. The molecular formula is C24H17Cl2FN4S. The summed E-state index contributed by atoms with van der Waals surface area (Å²) in [5.74, 6) is -0.305. The molecule has 160 valence electrons. The maximum atomic E-state index is 13.6. The van der Waals surface area contributed by atoms with E-state index < -0.39 is 0 Å². The number of hydrogen-bond acceptors (Lipinski definition) is 2. The van der Waals surface area contributed by atoms with Crippen molar-refractivity contribution in [2.45, 2.75) is 12.1 Å². The van der Waals surface area contributed by atoms with Gasteiger partial charge in [-0.05, 0) is 78.9 Å². The molecule has 4 aromatic rings. The number of anilines is 1. The number of rotatable bonds is 4. The predicted molar refractivity (Wildman–Crippen MR) is 130 cm³/mol. The van der Waals surface area contributed by atoms with E-state index in [-0.39, 0.29) is 17.9 Å². The van der Waals surface area contributed by atoms with Crippen molar-refractivity contribution in [3.05, 3.63) is 112 Å². The van der Waals surface area contributed by atoms with Gasteiger partial charge in [0.15, 0.2) is 5.11 Å². The fraction of sp³-hybridized carbons (Fsp3) is 0.0833. The number of nitrogens with one attached hydrogen (secondary N) is 1. The molecule has 2 aromatic heterocycles. The summed E-state index contributed by atoms with van der Waals surface area (Å²) in [6.07, 6.45) is 3.71. The Hall–Kier alpha value is -2.93. The van der Waals surface area contributed by atoms with Gasteiger partial charge < -0.3 is 14.8 Å². The zero-order valence-electron chi connectivity index (χ0n) is 16.6. The summed E-state index contributed by atoms with van der Waals surface area (Å²) in [5.41, 5.74) is 3.37. The van der Waals surface area contributed by atoms with Crippen LogP contribution >= 0.6 is 35.4 Å². The molecule has 2 aromatic carbocycles. The van der Waals surface area contributed by atoms with Gasteiger partial charge in [0.25, 0.3) is 0 Å². The van der Waals surface area contributed by atoms with Crippen LogP contribution in [0.4, 0.5) is 10.1 Å². The molecule has 5 rings (SSSR count). The van der Waals surface area contributed by atoms with E-state index in [1.165, 1.54) is 12.1 Å². The van der Waals surface area contributed by atoms with Crippen molar-refractivity contribution in [1.29, 1.82) is 0 Å². The van der Waals surface area contributed by atoms with Crippen molar-refractivity contribution in [3.8, 4) is 5.69 Å². The summed E-state index contributed by atoms with van der Waals surface area (Å²) >= 11 is 18.4. The third-order valence-corrected chi connectivity index (χ3v) is 6.31. The summed E-state index contributed by atoms with van der Waals surface area (Å²) in [6.45, 7) is 0. The Bertz CT molecular complexity index is 1280. The van der Waals surface area contributed by atoms with E-state index in [1.54, 1.807) is 30.5 Å². The first-order valence-electron chi connectivity index (χ1n) is 9.92. The molecule has 0 amide bonds. The van der Waals surface area contributed by atoms with Gasteiger partial charge in [-0.2, -0.15) is 0 Å². The van der Waals surface area contributed by atoms with E-state index in [2.05, 4.69) is 10.3 Å². The second-order valence-electron chi connectivity index (χ2n) is 7.37. The lowest BCUT2D eigenvalue weighted by molar-refractivity contribution is 0.549. The standard InChI is InChI=1S/C24H17Cl2FN4S/c25-15-6-11-20(18(26)14-15)30-13-3-5-21(30)23-22(19-4-1-2-12-28-19)29-24(32)31(23)17-9-7-16(27)8-10-17/h1-14,22-23H,(H,29,32)/t22-,23+/m1/s1. The molecule has 0 unspecified atom stereocenters. The second kappa shape index (κ2) is 8.54. The predicted octanol–water partition coefficient (Wildman–Crippen LogP) is 6.50. The van der Waals surface area contributed by atoms with Gasteiger partial charge in [-0.15, -0.1) is 0 Å². The Kier molecular flexibility index (Phi) is 5.59. The lowest BCUT2D eigenvalue weighted by Crippen LogP contribution is -2.30. The highest BCUT2D eigenvalue weighted by molar-refractivity contribution is 7.80. The SMILES string of the molecule is Fc1ccc(N2C(=S)N[C@H](c3ccccn3)[C@@H]2c2cccn2-c2ccc(Cl)cc2Cl)cc1. The minimum atomic E-state index is -0.305. The smallest absolute Gasteiger partial charge is 0.174 e. The normalized spacial score (nSPS) is 18.1. The second-order valence-corrected chi connectivity index (χ2v) is 8.60. The maximum absolute atomic E-state index is 13.6. The van der Waals surface area contributed by atoms with Crippen molar-refractivity contribution < 1.29 is 4.39 Å². The van der Waals surface area contributed by atoms with Crippen LogP contribution in [0.5, 0.6) is 0 Å². The highest BCUT2D eigenvalue weighted by Crippen LogP contribution is 2.42. The first kappa shape index (κ1) is 20.9. The van der Waals surface area contributed by atoms with Gasteiger partial charge in [-0.1, -0.05) is 29.3 Å². The van der Waals surface area contributed by atoms with Crippen molar-refractivity contribution in [2.24, 2.45) is 0 Å². The molecule has 0 bridgehead atoms. The zero-order valence-corrected chi connectivity index (χ0v) is 18.9. The Balaban J connectivity index is 1.68. The lowest BCUT2D eigenvalue weighted by atomic mass is 10.0. The molecule has 8 heteroatoms. The van der Waals surface area contributed by atoms with Crippen LogP contribution in [0, 0.1) is 5.82 Å². The van der Waals surface area contributed by atoms with Crippen LogP contribution in [0.25, 0.3) is 5.69 Å². The van der Waals surface area contributed by atoms with Crippen molar-refractivity contribution >= 4 is 46.2 Å². The highest BCUT2D eigenvalue weighted by Gasteiger charge is 2.42. The molecule has 1 saturated heterocycles. The third-order valence-electron chi connectivity index (χ3n) is 5.46. The Labute approximate surface area is 200 Å². The van der Waals surface area contributed by atoms with Crippen LogP contribution in [0.3, 0.4) is 0 Å². The van der Waals surface area contributed by atoms with Crippen LogP contribution in [-0.4, -0.2) is 14.7 Å². The molecular weight excluding hydrogens is 466 g/mol. The van der Waals surface area contributed by atoms with Crippen LogP contribution in [0.1, 0.15) is 23.5 Å². The fourth-order valence-corrected chi connectivity index (χ4v) is 4.91. The van der Waals surface area contributed by atoms with E-state index in [4.69, 9.17) is 35.4 Å². The van der Waals surface area contributed by atoms with Gasteiger partial charge in [-0.3, -0.25) is 4.98 Å². The lowest BCUT2D eigenvalue weighted by Gasteiger charge is -2.29. The number of halogens is 3. The van der Waals surface area contributed by atoms with E-state index in [1.807, 2.05) is 52.1 Å². The minimum Gasteiger partial charge on any atom is -0.351 e. The largest absolute Gasteiger partial charge is 0.351 e. The Morgan fingerprint density at radius 3 is 2.50 bits per heavy atom. The average molecular weight is 483 g/mol. The Morgan fingerprint density at radius 1 is 0.969 bits per heavy atom. The molecule has 1 fully saturated rings. The van der Waals surface area contributed by atoms with E-state index in [0.717, 1.165) is 22.8 Å². The minimum absolute atomic E-state index is 0.228. The van der Waals surface area contributed by atoms with E-state index in [0.29, 0.717) is 15.2 Å². The molecule has 0 aliphatic carbocycles. The number of hydrogen-bond donors (Lipinski definition) is 1. The molecule has 0 radical (unpaired) electrons. The summed E-state index contributed by atoms with van der Waals surface area (Å²) in [5, 5.41) is 5.04. The number of aromatic nitrogens is 2. The van der Waals surface area contributed by atoms with Gasteiger partial charge in [0.2, 0.25) is 0 Å². The quantitative estimate of drug-likeness (QED) is 0.336. The van der Waals surface area contributed by atoms with Gasteiger partial charge in [-0.25, -0.2) is 4.39 Å². The van der Waals surface area contributed by atoms with E-state index >= 15 is 0 Å². The monoisotopic (exact) mass is 482 g/mol. The van der Waals surface area contributed by atoms with Crippen molar-refractivity contribution in [2.75, 3.05) is 4.90 Å². The van der Waals surface area contributed by atoms with E-state index in [9.17, 15) is 4.39 Å². The van der Waals surface area contributed by atoms with Gasteiger partial charge in [0.1, 0.15) is 11.9 Å². The summed E-state index contributed by atoms with van der Waals surface area (Å²) in [6, 6.07) is 21.0. The summed E-state index contributed by atoms with van der Waals surface area (Å²) in [4.78, 5) is 6.56. The fourth-order valence-electron chi connectivity index (χ4n) is 4.07. The first-order valence-corrected chi connectivity index (χ1v) is 11.1. The van der Waals surface area contributed by atoms with Gasteiger partial charge in [0.05, 0.1) is 22.4 Å². The number of benzene rings is 2. The van der Waals surface area contributed by atoms with Crippen LogP contribution in [0.2, 0.25) is 10.0 Å². The number of nitrogens with zero attached hydrogens (tertiary/aromatic N) is 3. The molecule has 0 spiro atoms. The Morgan fingerprint density at radius 2 is 1.78 bits per heavy atom. The van der Waals surface area contributed by atoms with Crippen molar-refractivity contribution in [1.82, 2.24) is 14.9 Å². The molecule has 1 aliphatic heterocycles. The average Bonchev–Trinajstić information content (AvgIpc) is 3.39. The molecule has 0 saturated carbocycles. The molecule has 2 atom stereocenters. The third kappa shape index (κ3) is 3.75. The maximum Gasteiger partial charge on any atom is 0.174 e. The topological polar surface area (TPSA) is 33.1 Å². The summed E-state index contributed by atoms with van der Waals surface area (Å²) in [7, 11) is 0. The highest BCUT2D eigenvalue weighted by atomic mass is 35.5. The number of pyridine rings is 1. The van der Waals surface area contributed by atoms with Crippen LogP contribution in [0.15, 0.2) is 85.2 Å². The molecule has 3 heterocycles. The zero-order chi connectivity index (χ0) is 22.2. The molecule has 32 heavy (non-hydrogen) atoms.